The fourth-order valence-corrected chi connectivity index (χ4v) is 2.53. The molecule has 1 N–H and O–H groups in total. The third-order valence-corrected chi connectivity index (χ3v) is 4.09. The number of sulfonamides is 1. The minimum Gasteiger partial charge on any atom is -0.377 e. The van der Waals surface area contributed by atoms with Gasteiger partial charge in [0.05, 0.1) is 17.6 Å². The molecule has 0 atom stereocenters. The van der Waals surface area contributed by atoms with E-state index in [1.54, 1.807) is 12.1 Å². The van der Waals surface area contributed by atoms with Gasteiger partial charge >= 0.3 is 0 Å². The maximum Gasteiger partial charge on any atom is 0.240 e. The van der Waals surface area contributed by atoms with Crippen LogP contribution in [0.3, 0.4) is 0 Å². The van der Waals surface area contributed by atoms with E-state index in [1.807, 2.05) is 33.8 Å². The Balaban J connectivity index is 2.66. The van der Waals surface area contributed by atoms with Crippen LogP contribution in [-0.2, 0) is 14.8 Å². The van der Waals surface area contributed by atoms with E-state index in [0.717, 1.165) is 11.1 Å². The number of nitrogens with one attached hydrogen (secondary N) is 1. The van der Waals surface area contributed by atoms with Crippen molar-refractivity contribution in [2.45, 2.75) is 38.7 Å². The molecule has 0 unspecified atom stereocenters. The Hall–Kier alpha value is -0.910. The third-order valence-electron chi connectivity index (χ3n) is 2.63. The number of ether oxygens (including phenoxy) is 1. The smallest absolute Gasteiger partial charge is 0.240 e. The van der Waals surface area contributed by atoms with Crippen LogP contribution < -0.4 is 4.72 Å². The molecular formula is C13H21NO3S. The zero-order valence-corrected chi connectivity index (χ0v) is 12.2. The van der Waals surface area contributed by atoms with Crippen molar-refractivity contribution in [1.29, 1.82) is 0 Å². The highest BCUT2D eigenvalue weighted by molar-refractivity contribution is 7.89. The molecule has 0 bridgehead atoms. The first-order valence-electron chi connectivity index (χ1n) is 6.01. The molecule has 102 valence electrons. The van der Waals surface area contributed by atoms with Gasteiger partial charge in [-0.05, 0) is 51.0 Å². The Morgan fingerprint density at radius 2 is 1.89 bits per heavy atom. The summed E-state index contributed by atoms with van der Waals surface area (Å²) in [4.78, 5) is 0.301. The lowest BCUT2D eigenvalue weighted by Crippen LogP contribution is -2.28. The van der Waals surface area contributed by atoms with Crippen molar-refractivity contribution in [3.05, 3.63) is 29.3 Å². The van der Waals surface area contributed by atoms with E-state index in [4.69, 9.17) is 4.74 Å². The first kappa shape index (κ1) is 15.1. The molecule has 5 heteroatoms. The molecule has 0 aliphatic heterocycles. The quantitative estimate of drug-likeness (QED) is 0.805. The van der Waals surface area contributed by atoms with E-state index in [9.17, 15) is 8.42 Å². The lowest BCUT2D eigenvalue weighted by Gasteiger charge is -2.10. The fourth-order valence-electron chi connectivity index (χ4n) is 1.44. The molecule has 0 radical (unpaired) electrons. The predicted molar refractivity (Wildman–Crippen MR) is 72.2 cm³/mol. The Kier molecular flexibility index (Phi) is 5.31. The maximum absolute atomic E-state index is 12.0. The van der Waals surface area contributed by atoms with Crippen LogP contribution in [0.1, 0.15) is 25.0 Å². The van der Waals surface area contributed by atoms with Crippen molar-refractivity contribution in [1.82, 2.24) is 4.72 Å². The SMILES string of the molecule is Cc1ccc(S(=O)(=O)NCCOC(C)C)cc1C. The van der Waals surface area contributed by atoms with E-state index in [2.05, 4.69) is 4.72 Å². The van der Waals surface area contributed by atoms with Gasteiger partial charge < -0.3 is 4.74 Å². The molecule has 0 heterocycles. The molecule has 0 aliphatic carbocycles. The van der Waals surface area contributed by atoms with Gasteiger partial charge in [-0.15, -0.1) is 0 Å². The van der Waals surface area contributed by atoms with Gasteiger partial charge in [-0.1, -0.05) is 6.07 Å². The number of hydrogen-bond acceptors (Lipinski definition) is 3. The van der Waals surface area contributed by atoms with Gasteiger partial charge in [0.2, 0.25) is 10.0 Å². The molecular weight excluding hydrogens is 250 g/mol. The van der Waals surface area contributed by atoms with E-state index < -0.39 is 10.0 Å². The normalized spacial score (nSPS) is 12.1. The standard InChI is InChI=1S/C13H21NO3S/c1-10(2)17-8-7-14-18(15,16)13-6-5-11(3)12(4)9-13/h5-6,9-10,14H,7-8H2,1-4H3. The van der Waals surface area contributed by atoms with Gasteiger partial charge in [0.15, 0.2) is 0 Å². The van der Waals surface area contributed by atoms with Crippen molar-refractivity contribution in [2.75, 3.05) is 13.2 Å². The van der Waals surface area contributed by atoms with Crippen LogP contribution in [0.4, 0.5) is 0 Å². The van der Waals surface area contributed by atoms with Crippen LogP contribution >= 0.6 is 0 Å². The van der Waals surface area contributed by atoms with Crippen molar-refractivity contribution >= 4 is 10.0 Å². The largest absolute Gasteiger partial charge is 0.377 e. The van der Waals surface area contributed by atoms with Gasteiger partial charge in [0, 0.05) is 6.54 Å². The summed E-state index contributed by atoms with van der Waals surface area (Å²) in [7, 11) is -3.43. The molecule has 0 aromatic heterocycles. The van der Waals surface area contributed by atoms with Gasteiger partial charge in [-0.2, -0.15) is 0 Å². The summed E-state index contributed by atoms with van der Waals surface area (Å²) in [6.07, 6.45) is 0.108. The second kappa shape index (κ2) is 6.31. The van der Waals surface area contributed by atoms with Crippen molar-refractivity contribution in [3.8, 4) is 0 Å². The summed E-state index contributed by atoms with van der Waals surface area (Å²) in [5.74, 6) is 0. The highest BCUT2D eigenvalue weighted by Gasteiger charge is 2.13. The molecule has 1 aromatic rings. The Morgan fingerprint density at radius 1 is 1.22 bits per heavy atom. The van der Waals surface area contributed by atoms with Gasteiger partial charge in [-0.25, -0.2) is 13.1 Å². The van der Waals surface area contributed by atoms with E-state index in [1.165, 1.54) is 0 Å². The highest BCUT2D eigenvalue weighted by atomic mass is 32.2. The Labute approximate surface area is 109 Å². The molecule has 0 amide bonds. The molecule has 0 saturated carbocycles. The number of hydrogen-bond donors (Lipinski definition) is 1. The molecule has 0 spiro atoms. The first-order valence-corrected chi connectivity index (χ1v) is 7.50. The van der Waals surface area contributed by atoms with Gasteiger partial charge in [-0.3, -0.25) is 0 Å². The molecule has 0 saturated heterocycles. The second-order valence-corrected chi connectivity index (χ2v) is 6.33. The minimum atomic E-state index is -3.43. The van der Waals surface area contributed by atoms with Crippen molar-refractivity contribution in [2.24, 2.45) is 0 Å². The molecule has 0 aliphatic rings. The minimum absolute atomic E-state index is 0.108. The summed E-state index contributed by atoms with van der Waals surface area (Å²) >= 11 is 0. The van der Waals surface area contributed by atoms with E-state index in [0.29, 0.717) is 11.5 Å². The van der Waals surface area contributed by atoms with E-state index >= 15 is 0 Å². The lowest BCUT2D eigenvalue weighted by atomic mass is 10.1. The Morgan fingerprint density at radius 3 is 2.44 bits per heavy atom. The summed E-state index contributed by atoms with van der Waals surface area (Å²) in [6, 6.07) is 5.11. The lowest BCUT2D eigenvalue weighted by molar-refractivity contribution is 0.0834. The van der Waals surface area contributed by atoms with Crippen molar-refractivity contribution < 1.29 is 13.2 Å². The second-order valence-electron chi connectivity index (χ2n) is 4.56. The molecule has 1 aromatic carbocycles. The Bertz CT molecular complexity index is 495. The molecule has 0 fully saturated rings. The van der Waals surface area contributed by atoms with Gasteiger partial charge in [0.25, 0.3) is 0 Å². The summed E-state index contributed by atoms with van der Waals surface area (Å²) in [5, 5.41) is 0. The van der Waals surface area contributed by atoms with Gasteiger partial charge in [0.1, 0.15) is 0 Å². The van der Waals surface area contributed by atoms with E-state index in [-0.39, 0.29) is 12.6 Å². The molecule has 18 heavy (non-hydrogen) atoms. The average Bonchev–Trinajstić information content (AvgIpc) is 2.28. The summed E-state index contributed by atoms with van der Waals surface area (Å²) < 4.78 is 31.8. The summed E-state index contributed by atoms with van der Waals surface area (Å²) in [6.45, 7) is 8.34. The predicted octanol–water partition coefficient (Wildman–Crippen LogP) is 2.01. The van der Waals surface area contributed by atoms with Crippen LogP contribution in [0.15, 0.2) is 23.1 Å². The fraction of sp³-hybridized carbons (Fsp3) is 0.538. The van der Waals surface area contributed by atoms with Crippen molar-refractivity contribution in [3.63, 3.8) is 0 Å². The number of rotatable bonds is 6. The van der Waals surface area contributed by atoms with Crippen LogP contribution in [0, 0.1) is 13.8 Å². The highest BCUT2D eigenvalue weighted by Crippen LogP contribution is 2.14. The number of aryl methyl sites for hydroxylation is 2. The van der Waals surface area contributed by atoms with Crippen LogP contribution in [0.2, 0.25) is 0 Å². The summed E-state index contributed by atoms with van der Waals surface area (Å²) in [5.41, 5.74) is 2.05. The monoisotopic (exact) mass is 271 g/mol. The topological polar surface area (TPSA) is 55.4 Å². The average molecular weight is 271 g/mol. The zero-order chi connectivity index (χ0) is 13.8. The van der Waals surface area contributed by atoms with Crippen LogP contribution in [0.5, 0.6) is 0 Å². The van der Waals surface area contributed by atoms with Crippen LogP contribution in [0.25, 0.3) is 0 Å². The third kappa shape index (κ3) is 4.40. The zero-order valence-electron chi connectivity index (χ0n) is 11.4. The molecule has 1 rings (SSSR count). The molecule has 4 nitrogen and oxygen atoms in total. The number of benzene rings is 1. The van der Waals surface area contributed by atoms with Crippen LogP contribution in [-0.4, -0.2) is 27.7 Å². The maximum atomic E-state index is 12.0. The first-order chi connectivity index (χ1) is 8.33.